The number of hydrogen-bond acceptors (Lipinski definition) is 7. The molecule has 1 amide bonds. The Hall–Kier alpha value is -2.46. The number of hydrogen-bond donors (Lipinski definition) is 2. The van der Waals surface area contributed by atoms with E-state index < -0.39 is 34.6 Å². The summed E-state index contributed by atoms with van der Waals surface area (Å²) < 4.78 is 37.4. The van der Waals surface area contributed by atoms with Crippen molar-refractivity contribution in [1.29, 1.82) is 0 Å². The molecule has 0 unspecified atom stereocenters. The first-order valence-corrected chi connectivity index (χ1v) is 10.2. The van der Waals surface area contributed by atoms with Gasteiger partial charge in [0.25, 0.3) is 15.9 Å². The molecule has 0 spiro atoms. The number of carbonyl (C=O) groups excluding carboxylic acids is 2. The fourth-order valence-corrected chi connectivity index (χ4v) is 3.90. The summed E-state index contributed by atoms with van der Waals surface area (Å²) in [5, 5.41) is 2.51. The summed E-state index contributed by atoms with van der Waals surface area (Å²) in [5.74, 6) is -0.699. The van der Waals surface area contributed by atoms with Crippen LogP contribution in [0.4, 0.5) is 5.69 Å². The molecule has 1 atom stereocenters. The molecule has 10 heteroatoms. The minimum atomic E-state index is -3.77. The van der Waals surface area contributed by atoms with Crippen LogP contribution in [0.1, 0.15) is 25.7 Å². The van der Waals surface area contributed by atoms with Crippen molar-refractivity contribution in [3.05, 3.63) is 24.3 Å². The number of sulfonamides is 1. The Morgan fingerprint density at radius 1 is 1.30 bits per heavy atom. The second-order valence-electron chi connectivity index (χ2n) is 6.22. The van der Waals surface area contributed by atoms with E-state index in [1.54, 1.807) is 6.07 Å². The molecule has 0 aromatic heterocycles. The summed E-state index contributed by atoms with van der Waals surface area (Å²) in [5.41, 5.74) is 0.282. The summed E-state index contributed by atoms with van der Waals surface area (Å²) in [4.78, 5) is 27.8. The van der Waals surface area contributed by atoms with E-state index in [4.69, 9.17) is 9.47 Å². The van der Waals surface area contributed by atoms with E-state index in [0.29, 0.717) is 31.8 Å². The molecule has 1 fully saturated rings. The lowest BCUT2D eigenvalue weighted by molar-refractivity contribution is -0.156. The van der Waals surface area contributed by atoms with Gasteiger partial charge in [-0.15, -0.1) is 0 Å². The van der Waals surface area contributed by atoms with Gasteiger partial charge >= 0.3 is 5.97 Å². The highest BCUT2D eigenvalue weighted by molar-refractivity contribution is 7.90. The predicted octanol–water partition coefficient (Wildman–Crippen LogP) is 0.818. The van der Waals surface area contributed by atoms with Crippen molar-refractivity contribution in [2.75, 3.05) is 25.1 Å². The topological polar surface area (TPSA) is 123 Å². The van der Waals surface area contributed by atoms with Crippen LogP contribution in [0.5, 0.6) is 0 Å². The number of anilines is 1. The normalized spacial score (nSPS) is 19.4. The van der Waals surface area contributed by atoms with E-state index in [-0.39, 0.29) is 10.6 Å². The van der Waals surface area contributed by atoms with Crippen LogP contribution >= 0.6 is 0 Å². The maximum absolute atomic E-state index is 12.4. The van der Waals surface area contributed by atoms with Crippen LogP contribution in [-0.2, 0) is 29.1 Å². The van der Waals surface area contributed by atoms with Gasteiger partial charge in [0.15, 0.2) is 12.7 Å². The van der Waals surface area contributed by atoms with Crippen molar-refractivity contribution in [3.8, 4) is 0 Å². The molecule has 0 aliphatic carbocycles. The maximum Gasteiger partial charge on any atom is 0.335 e. The van der Waals surface area contributed by atoms with E-state index in [2.05, 4.69) is 15.0 Å². The fourth-order valence-electron chi connectivity index (χ4n) is 2.77. The number of aliphatic imine (C=N–C) groups is 1. The lowest BCUT2D eigenvalue weighted by Crippen LogP contribution is -2.29. The molecule has 3 rings (SSSR count). The zero-order valence-electron chi connectivity index (χ0n) is 14.6. The molecule has 0 radical (unpaired) electrons. The highest BCUT2D eigenvalue weighted by Crippen LogP contribution is 2.17. The molecule has 2 aliphatic rings. The van der Waals surface area contributed by atoms with Crippen LogP contribution in [0, 0.1) is 0 Å². The number of benzene rings is 1. The summed E-state index contributed by atoms with van der Waals surface area (Å²) in [7, 11) is -3.77. The summed E-state index contributed by atoms with van der Waals surface area (Å²) in [6, 6.07) is 5.81. The van der Waals surface area contributed by atoms with Gasteiger partial charge in [-0.25, -0.2) is 13.2 Å². The number of amidine groups is 1. The maximum atomic E-state index is 12.4. The molecule has 27 heavy (non-hydrogen) atoms. The van der Waals surface area contributed by atoms with Gasteiger partial charge in [0, 0.05) is 25.3 Å². The summed E-state index contributed by atoms with van der Waals surface area (Å²) in [6.45, 7) is 0.650. The van der Waals surface area contributed by atoms with Gasteiger partial charge in [-0.2, -0.15) is 0 Å². The third-order valence-corrected chi connectivity index (χ3v) is 5.47. The van der Waals surface area contributed by atoms with Crippen LogP contribution in [-0.4, -0.2) is 52.0 Å². The van der Waals surface area contributed by atoms with Crippen LogP contribution in [0.3, 0.4) is 0 Å². The van der Waals surface area contributed by atoms with Gasteiger partial charge in [0.1, 0.15) is 5.84 Å². The predicted molar refractivity (Wildman–Crippen MR) is 96.9 cm³/mol. The van der Waals surface area contributed by atoms with Gasteiger partial charge in [0.2, 0.25) is 0 Å². The van der Waals surface area contributed by atoms with Gasteiger partial charge in [0.05, 0.1) is 4.90 Å². The molecule has 2 N–H and O–H groups in total. The first kappa shape index (κ1) is 19.3. The SMILES string of the molecule is O=C(COC(=O)[C@H]1CCCO1)Nc1cccc(S(=O)(=O)NC2=NCCC2)c1. The van der Waals surface area contributed by atoms with Gasteiger partial charge < -0.3 is 14.8 Å². The van der Waals surface area contributed by atoms with E-state index in [1.165, 1.54) is 18.2 Å². The Labute approximate surface area is 157 Å². The van der Waals surface area contributed by atoms with Crippen LogP contribution in [0.25, 0.3) is 0 Å². The van der Waals surface area contributed by atoms with Crippen molar-refractivity contribution in [2.45, 2.75) is 36.7 Å². The number of rotatable bonds is 6. The van der Waals surface area contributed by atoms with E-state index in [1.807, 2.05) is 0 Å². The molecule has 1 saturated heterocycles. The summed E-state index contributed by atoms with van der Waals surface area (Å²) >= 11 is 0. The highest BCUT2D eigenvalue weighted by atomic mass is 32.2. The second kappa shape index (κ2) is 8.49. The Morgan fingerprint density at radius 2 is 2.15 bits per heavy atom. The quantitative estimate of drug-likeness (QED) is 0.688. The van der Waals surface area contributed by atoms with Crippen molar-refractivity contribution in [3.63, 3.8) is 0 Å². The zero-order chi connectivity index (χ0) is 19.3. The first-order chi connectivity index (χ1) is 12.9. The number of ether oxygens (including phenoxy) is 2. The monoisotopic (exact) mass is 395 g/mol. The largest absolute Gasteiger partial charge is 0.454 e. The third kappa shape index (κ3) is 5.27. The molecule has 0 bridgehead atoms. The Morgan fingerprint density at radius 3 is 2.85 bits per heavy atom. The fraction of sp³-hybridized carbons (Fsp3) is 0.471. The van der Waals surface area contributed by atoms with Gasteiger partial charge in [-0.05, 0) is 37.5 Å². The molecule has 1 aromatic rings. The number of nitrogens with one attached hydrogen (secondary N) is 2. The number of nitrogens with zero attached hydrogens (tertiary/aromatic N) is 1. The van der Waals surface area contributed by atoms with Crippen molar-refractivity contribution in [2.24, 2.45) is 4.99 Å². The average molecular weight is 395 g/mol. The minimum Gasteiger partial charge on any atom is -0.454 e. The Balaban J connectivity index is 1.56. The smallest absolute Gasteiger partial charge is 0.335 e. The molecule has 9 nitrogen and oxygen atoms in total. The third-order valence-electron chi connectivity index (χ3n) is 4.09. The number of esters is 1. The Bertz CT molecular complexity index is 846. The highest BCUT2D eigenvalue weighted by Gasteiger charge is 2.25. The molecule has 2 heterocycles. The van der Waals surface area contributed by atoms with Crippen LogP contribution < -0.4 is 10.0 Å². The van der Waals surface area contributed by atoms with Gasteiger partial charge in [-0.1, -0.05) is 6.07 Å². The van der Waals surface area contributed by atoms with Crippen molar-refractivity contribution in [1.82, 2.24) is 4.72 Å². The Kier molecular flexibility index (Phi) is 6.07. The summed E-state index contributed by atoms with van der Waals surface area (Å²) in [6.07, 6.45) is 2.16. The zero-order valence-corrected chi connectivity index (χ0v) is 15.5. The van der Waals surface area contributed by atoms with Crippen LogP contribution in [0.15, 0.2) is 34.2 Å². The first-order valence-electron chi connectivity index (χ1n) is 8.68. The lowest BCUT2D eigenvalue weighted by Gasteiger charge is -2.11. The average Bonchev–Trinajstić information content (AvgIpc) is 3.33. The molecule has 0 saturated carbocycles. The number of amides is 1. The lowest BCUT2D eigenvalue weighted by atomic mass is 10.2. The van der Waals surface area contributed by atoms with E-state index in [0.717, 1.165) is 12.8 Å². The molecule has 1 aromatic carbocycles. The second-order valence-corrected chi connectivity index (χ2v) is 7.91. The standard InChI is InChI=1S/C17H21N3O6S/c21-16(11-26-17(22)14-6-3-9-25-14)19-12-4-1-5-13(10-12)27(23,24)20-15-7-2-8-18-15/h1,4-5,10,14H,2-3,6-9,11H2,(H,18,20)(H,19,21)/t14-/m1/s1. The molecule has 146 valence electrons. The van der Waals surface area contributed by atoms with E-state index in [9.17, 15) is 18.0 Å². The molecular weight excluding hydrogens is 374 g/mol. The molecular formula is C17H21N3O6S. The number of carbonyl (C=O) groups is 2. The van der Waals surface area contributed by atoms with Crippen LogP contribution in [0.2, 0.25) is 0 Å². The van der Waals surface area contributed by atoms with E-state index >= 15 is 0 Å². The van der Waals surface area contributed by atoms with Crippen molar-refractivity contribution >= 4 is 33.4 Å². The minimum absolute atomic E-state index is 0.00579. The van der Waals surface area contributed by atoms with Gasteiger partial charge in [-0.3, -0.25) is 14.5 Å². The van der Waals surface area contributed by atoms with Crippen molar-refractivity contribution < 1.29 is 27.5 Å². The molecule has 2 aliphatic heterocycles.